The molecule has 1 rings (SSSR count). The van der Waals surface area contributed by atoms with Crippen molar-refractivity contribution in [3.05, 3.63) is 34.9 Å². The molecule has 0 spiro atoms. The van der Waals surface area contributed by atoms with Crippen LogP contribution in [0.4, 0.5) is 26.3 Å². The molecule has 0 aromatic heterocycles. The van der Waals surface area contributed by atoms with Gasteiger partial charge in [0.25, 0.3) is 5.97 Å². The predicted octanol–water partition coefficient (Wildman–Crippen LogP) is 4.85. The third-order valence-electron chi connectivity index (χ3n) is 3.74. The van der Waals surface area contributed by atoms with Crippen LogP contribution in [-0.2, 0) is 32.7 Å². The fourth-order valence-electron chi connectivity index (χ4n) is 2.73. The Bertz CT molecular complexity index is 586. The molecular formula is C18H26F6O3Si. The highest BCUT2D eigenvalue weighted by Gasteiger charge is 2.37. The van der Waals surface area contributed by atoms with Crippen molar-refractivity contribution >= 4 is 10.5 Å². The van der Waals surface area contributed by atoms with Crippen LogP contribution in [0, 0.1) is 0 Å². The second-order valence-corrected chi connectivity index (χ2v) is 7.40. The molecule has 0 aliphatic rings. The molecule has 0 bridgehead atoms. The summed E-state index contributed by atoms with van der Waals surface area (Å²) in [6, 6.07) is 1.61. The average molecular weight is 432 g/mol. The average Bonchev–Trinajstić information content (AvgIpc) is 2.51. The second kappa shape index (κ2) is 9.60. The van der Waals surface area contributed by atoms with Crippen LogP contribution in [-0.4, -0.2) is 28.7 Å². The van der Waals surface area contributed by atoms with Crippen LogP contribution in [0.15, 0.2) is 18.2 Å². The van der Waals surface area contributed by atoms with Crippen LogP contribution in [0.25, 0.3) is 0 Å². The molecule has 0 N–H and O–H groups in total. The summed E-state index contributed by atoms with van der Waals surface area (Å²) >= 11 is 0. The molecular weight excluding hydrogens is 406 g/mol. The Labute approximate surface area is 163 Å². The minimum absolute atomic E-state index is 0.0113. The fraction of sp³-hybridized carbons (Fsp3) is 0.667. The molecule has 0 saturated heterocycles. The quantitative estimate of drug-likeness (QED) is 0.317. The van der Waals surface area contributed by atoms with Gasteiger partial charge in [0.2, 0.25) is 0 Å². The number of alkyl halides is 6. The molecule has 162 valence electrons. The highest BCUT2D eigenvalue weighted by molar-refractivity contribution is 5.98. The predicted molar refractivity (Wildman–Crippen MR) is 95.6 cm³/mol. The lowest BCUT2D eigenvalue weighted by atomic mass is 10.0. The molecule has 0 saturated carbocycles. The van der Waals surface area contributed by atoms with Gasteiger partial charge in [-0.1, -0.05) is 0 Å². The molecule has 0 amide bonds. The van der Waals surface area contributed by atoms with E-state index in [1.165, 1.54) is 0 Å². The van der Waals surface area contributed by atoms with Crippen LogP contribution >= 0.6 is 0 Å². The first-order chi connectivity index (χ1) is 12.7. The number of benzene rings is 1. The minimum Gasteiger partial charge on any atom is -0.380 e. The van der Waals surface area contributed by atoms with Gasteiger partial charge in [0.1, 0.15) is 0 Å². The van der Waals surface area contributed by atoms with Crippen molar-refractivity contribution in [1.29, 1.82) is 0 Å². The van der Waals surface area contributed by atoms with Gasteiger partial charge in [-0.15, -0.1) is 0 Å². The zero-order valence-corrected chi connectivity index (χ0v) is 18.5. The molecule has 0 unspecified atom stereocenters. The van der Waals surface area contributed by atoms with E-state index >= 15 is 0 Å². The molecule has 10 heteroatoms. The lowest BCUT2D eigenvalue weighted by Crippen LogP contribution is -2.42. The molecule has 0 aliphatic carbocycles. The van der Waals surface area contributed by atoms with Gasteiger partial charge in [-0.05, 0) is 64.3 Å². The van der Waals surface area contributed by atoms with Gasteiger partial charge in [0.15, 0.2) is 10.5 Å². The van der Waals surface area contributed by atoms with Crippen molar-refractivity contribution in [3.63, 3.8) is 0 Å². The monoisotopic (exact) mass is 432 g/mol. The van der Waals surface area contributed by atoms with E-state index < -0.39 is 29.5 Å². The van der Waals surface area contributed by atoms with Crippen molar-refractivity contribution in [3.8, 4) is 0 Å². The Morgan fingerprint density at radius 1 is 0.821 bits per heavy atom. The second-order valence-electron chi connectivity index (χ2n) is 6.99. The molecule has 1 aromatic carbocycles. The number of aryl methyl sites for hydroxylation is 1. The third-order valence-corrected chi connectivity index (χ3v) is 4.36. The Hall–Kier alpha value is -1.10. The topological polar surface area (TPSA) is 27.7 Å². The van der Waals surface area contributed by atoms with Crippen LogP contribution in [0.3, 0.4) is 0 Å². The molecule has 1 aromatic rings. The van der Waals surface area contributed by atoms with Crippen LogP contribution in [0.1, 0.15) is 57.2 Å². The molecule has 0 atom stereocenters. The number of rotatable bonds is 9. The Kier molecular flexibility index (Phi) is 8.55. The third kappa shape index (κ3) is 7.73. The maximum Gasteiger partial charge on any atom is 0.416 e. The largest absolute Gasteiger partial charge is 0.416 e. The zero-order chi connectivity index (χ0) is 21.8. The van der Waals surface area contributed by atoms with Crippen molar-refractivity contribution in [2.45, 2.75) is 77.5 Å². The van der Waals surface area contributed by atoms with E-state index in [4.69, 9.17) is 13.9 Å². The SMILES string of the molecule is CC(C)OC(CCCc1cc(C(F)(F)F)cc(C(F)(F)F)c1)(O[SiH3])OC(C)C. The molecule has 0 fully saturated rings. The zero-order valence-electron chi connectivity index (χ0n) is 16.5. The first-order valence-electron chi connectivity index (χ1n) is 8.87. The lowest BCUT2D eigenvalue weighted by molar-refractivity contribution is -0.369. The molecule has 0 heterocycles. The van der Waals surface area contributed by atoms with Crippen molar-refractivity contribution in [2.24, 2.45) is 0 Å². The van der Waals surface area contributed by atoms with E-state index in [0.29, 0.717) is 0 Å². The summed E-state index contributed by atoms with van der Waals surface area (Å²) < 4.78 is 94.7. The van der Waals surface area contributed by atoms with Crippen LogP contribution in [0.2, 0.25) is 0 Å². The van der Waals surface area contributed by atoms with E-state index in [-0.39, 0.29) is 53.6 Å². The van der Waals surface area contributed by atoms with Gasteiger partial charge >= 0.3 is 12.4 Å². The van der Waals surface area contributed by atoms with E-state index in [1.807, 2.05) is 0 Å². The van der Waals surface area contributed by atoms with Crippen molar-refractivity contribution in [1.82, 2.24) is 0 Å². The summed E-state index contributed by atoms with van der Waals surface area (Å²) in [6.07, 6.45) is -9.82. The van der Waals surface area contributed by atoms with Gasteiger partial charge < -0.3 is 13.9 Å². The Morgan fingerprint density at radius 3 is 1.57 bits per heavy atom. The highest BCUT2D eigenvalue weighted by atomic mass is 28.2. The molecule has 3 nitrogen and oxygen atoms in total. The number of hydrogen-bond donors (Lipinski definition) is 0. The van der Waals surface area contributed by atoms with E-state index in [2.05, 4.69) is 0 Å². The molecule has 0 radical (unpaired) electrons. The first-order valence-corrected chi connectivity index (χ1v) is 9.69. The van der Waals surface area contributed by atoms with Crippen LogP contribution < -0.4 is 0 Å². The fourth-order valence-corrected chi connectivity index (χ4v) is 3.13. The maximum absolute atomic E-state index is 13.0. The van der Waals surface area contributed by atoms with Gasteiger partial charge in [-0.25, -0.2) is 0 Å². The van der Waals surface area contributed by atoms with Gasteiger partial charge in [0.05, 0.1) is 23.3 Å². The first kappa shape index (κ1) is 24.9. The van der Waals surface area contributed by atoms with E-state index in [9.17, 15) is 26.3 Å². The number of ether oxygens (including phenoxy) is 2. The number of halogens is 6. The van der Waals surface area contributed by atoms with E-state index in [0.717, 1.165) is 12.1 Å². The van der Waals surface area contributed by atoms with Crippen molar-refractivity contribution in [2.75, 3.05) is 0 Å². The van der Waals surface area contributed by atoms with Gasteiger partial charge in [-0.3, -0.25) is 0 Å². The Morgan fingerprint density at radius 2 is 1.25 bits per heavy atom. The summed E-state index contributed by atoms with van der Waals surface area (Å²) in [5.41, 5.74) is -2.70. The molecule has 0 aliphatic heterocycles. The summed E-state index contributed by atoms with van der Waals surface area (Å²) in [5.74, 6) is -1.36. The summed E-state index contributed by atoms with van der Waals surface area (Å²) in [4.78, 5) is 0. The standard InChI is InChI=1S/C18H26F6O3Si/c1-11(2)25-16(27-28,26-12(3)4)7-5-6-13-8-14(17(19,20)21)10-15(9-13)18(22,23)24/h8-12H,5-7H2,1-4,28H3. The van der Waals surface area contributed by atoms with E-state index in [1.54, 1.807) is 27.7 Å². The Balaban J connectivity index is 3.03. The smallest absolute Gasteiger partial charge is 0.380 e. The van der Waals surface area contributed by atoms with Gasteiger partial charge in [-0.2, -0.15) is 26.3 Å². The number of hydrogen-bond acceptors (Lipinski definition) is 3. The normalized spacial score (nSPS) is 13.7. The summed E-state index contributed by atoms with van der Waals surface area (Å²) in [6.45, 7) is 7.12. The maximum atomic E-state index is 13.0. The van der Waals surface area contributed by atoms with Crippen molar-refractivity contribution < 1.29 is 40.2 Å². The molecule has 28 heavy (non-hydrogen) atoms. The minimum atomic E-state index is -4.86. The summed E-state index contributed by atoms with van der Waals surface area (Å²) in [5, 5.41) is 0. The summed E-state index contributed by atoms with van der Waals surface area (Å²) in [7, 11) is 0.281. The lowest BCUT2D eigenvalue weighted by Gasteiger charge is -2.36. The highest BCUT2D eigenvalue weighted by Crippen LogP contribution is 2.37. The van der Waals surface area contributed by atoms with Gasteiger partial charge in [0, 0.05) is 6.42 Å². The van der Waals surface area contributed by atoms with Crippen LogP contribution in [0.5, 0.6) is 0 Å².